The summed E-state index contributed by atoms with van der Waals surface area (Å²) in [6, 6.07) is 9.02. The predicted octanol–water partition coefficient (Wildman–Crippen LogP) is 5.24. The van der Waals surface area contributed by atoms with Gasteiger partial charge in [-0.2, -0.15) is 11.3 Å². The van der Waals surface area contributed by atoms with Gasteiger partial charge < -0.3 is 5.32 Å². The first-order valence-electron chi connectivity index (χ1n) is 6.28. The largest absolute Gasteiger partial charge is 0.310 e. The van der Waals surface area contributed by atoms with Crippen molar-refractivity contribution in [2.75, 3.05) is 6.54 Å². The van der Waals surface area contributed by atoms with E-state index in [1.807, 2.05) is 0 Å². The van der Waals surface area contributed by atoms with Crippen molar-refractivity contribution in [1.29, 1.82) is 0 Å². The van der Waals surface area contributed by atoms with Crippen LogP contribution in [0.3, 0.4) is 0 Å². The average Bonchev–Trinajstić information content (AvgIpc) is 2.82. The lowest BCUT2D eigenvalue weighted by molar-refractivity contribution is 0.572. The van der Waals surface area contributed by atoms with Crippen molar-refractivity contribution in [3.63, 3.8) is 0 Å². The molecule has 0 aliphatic rings. The van der Waals surface area contributed by atoms with Gasteiger partial charge in [-0.1, -0.05) is 31.2 Å². The zero-order valence-electron chi connectivity index (χ0n) is 10.7. The molecule has 0 radical (unpaired) electrons. The van der Waals surface area contributed by atoms with E-state index in [4.69, 9.17) is 0 Å². The van der Waals surface area contributed by atoms with Gasteiger partial charge in [0, 0.05) is 21.5 Å². The molecular formula is C15H18BrNS. The summed E-state index contributed by atoms with van der Waals surface area (Å²) in [6.07, 6.45) is 1.16. The van der Waals surface area contributed by atoms with Crippen molar-refractivity contribution in [2.24, 2.45) is 0 Å². The van der Waals surface area contributed by atoms with E-state index in [1.54, 1.807) is 11.3 Å². The minimum absolute atomic E-state index is 0.382. The number of hydrogen-bond donors (Lipinski definition) is 1. The topological polar surface area (TPSA) is 12.0 Å². The standard InChI is InChI=1S/C15H18BrNS/c1-3-8-17-11(2)12-6-4-5-7-13(12)14-9-18-10-15(14)16/h4-7,9-11,17H,3,8H2,1-2H3. The number of rotatable bonds is 5. The highest BCUT2D eigenvalue weighted by molar-refractivity contribution is 9.10. The summed E-state index contributed by atoms with van der Waals surface area (Å²) in [6.45, 7) is 5.48. The van der Waals surface area contributed by atoms with Crippen LogP contribution in [-0.2, 0) is 0 Å². The Hall–Kier alpha value is -0.640. The third-order valence-corrected chi connectivity index (χ3v) is 4.74. The molecule has 0 aliphatic heterocycles. The molecule has 1 unspecified atom stereocenters. The molecule has 1 aromatic heterocycles. The van der Waals surface area contributed by atoms with Crippen LogP contribution in [-0.4, -0.2) is 6.54 Å². The second kappa shape index (κ2) is 6.50. The lowest BCUT2D eigenvalue weighted by atomic mass is 9.97. The van der Waals surface area contributed by atoms with Crippen molar-refractivity contribution in [3.8, 4) is 11.1 Å². The molecule has 0 saturated carbocycles. The van der Waals surface area contributed by atoms with Crippen LogP contribution >= 0.6 is 27.3 Å². The molecule has 0 amide bonds. The SMILES string of the molecule is CCCNC(C)c1ccccc1-c1cscc1Br. The maximum atomic E-state index is 3.63. The minimum atomic E-state index is 0.382. The lowest BCUT2D eigenvalue weighted by Crippen LogP contribution is -2.19. The highest BCUT2D eigenvalue weighted by Crippen LogP contribution is 2.35. The number of benzene rings is 1. The van der Waals surface area contributed by atoms with Crippen LogP contribution in [0.15, 0.2) is 39.5 Å². The summed E-state index contributed by atoms with van der Waals surface area (Å²) < 4.78 is 1.18. The molecule has 3 heteroatoms. The van der Waals surface area contributed by atoms with E-state index in [9.17, 15) is 0 Å². The first kappa shape index (κ1) is 13.8. The first-order chi connectivity index (χ1) is 8.74. The molecule has 1 N–H and O–H groups in total. The van der Waals surface area contributed by atoms with Crippen molar-refractivity contribution in [1.82, 2.24) is 5.32 Å². The van der Waals surface area contributed by atoms with Crippen molar-refractivity contribution < 1.29 is 0 Å². The summed E-state index contributed by atoms with van der Waals surface area (Å²) in [4.78, 5) is 0. The van der Waals surface area contributed by atoms with Crippen LogP contribution in [0.1, 0.15) is 31.9 Å². The molecule has 96 valence electrons. The third-order valence-electron chi connectivity index (χ3n) is 3.03. The van der Waals surface area contributed by atoms with Crippen LogP contribution in [0.4, 0.5) is 0 Å². The van der Waals surface area contributed by atoms with E-state index in [-0.39, 0.29) is 0 Å². The van der Waals surface area contributed by atoms with Gasteiger partial charge in [-0.15, -0.1) is 0 Å². The molecule has 0 bridgehead atoms. The second-order valence-electron chi connectivity index (χ2n) is 4.40. The maximum Gasteiger partial charge on any atom is 0.0360 e. The fraction of sp³-hybridized carbons (Fsp3) is 0.333. The zero-order valence-corrected chi connectivity index (χ0v) is 13.1. The van der Waals surface area contributed by atoms with Crippen LogP contribution in [0.5, 0.6) is 0 Å². The summed E-state index contributed by atoms with van der Waals surface area (Å²) in [7, 11) is 0. The van der Waals surface area contributed by atoms with Crippen molar-refractivity contribution in [2.45, 2.75) is 26.3 Å². The lowest BCUT2D eigenvalue weighted by Gasteiger charge is -2.17. The Bertz CT molecular complexity index is 507. The molecule has 0 spiro atoms. The number of halogens is 1. The normalized spacial score (nSPS) is 12.6. The molecule has 1 heterocycles. The Morgan fingerprint density at radius 1 is 1.22 bits per heavy atom. The van der Waals surface area contributed by atoms with E-state index in [1.165, 1.54) is 21.2 Å². The van der Waals surface area contributed by atoms with Gasteiger partial charge >= 0.3 is 0 Å². The van der Waals surface area contributed by atoms with E-state index in [0.717, 1.165) is 13.0 Å². The Labute approximate surface area is 121 Å². The van der Waals surface area contributed by atoms with Crippen molar-refractivity contribution >= 4 is 27.3 Å². The number of nitrogens with one attached hydrogen (secondary N) is 1. The van der Waals surface area contributed by atoms with Crippen LogP contribution in [0.25, 0.3) is 11.1 Å². The molecule has 0 fully saturated rings. The van der Waals surface area contributed by atoms with Gasteiger partial charge in [0.15, 0.2) is 0 Å². The van der Waals surface area contributed by atoms with E-state index >= 15 is 0 Å². The minimum Gasteiger partial charge on any atom is -0.310 e. The van der Waals surface area contributed by atoms with E-state index in [2.05, 4.69) is 70.1 Å². The van der Waals surface area contributed by atoms with Crippen LogP contribution < -0.4 is 5.32 Å². The Morgan fingerprint density at radius 2 is 2.00 bits per heavy atom. The van der Waals surface area contributed by atoms with Gasteiger partial charge in [-0.3, -0.25) is 0 Å². The van der Waals surface area contributed by atoms with Crippen LogP contribution in [0, 0.1) is 0 Å². The monoisotopic (exact) mass is 323 g/mol. The fourth-order valence-corrected chi connectivity index (χ4v) is 3.57. The highest BCUT2D eigenvalue weighted by Gasteiger charge is 2.13. The molecule has 1 atom stereocenters. The van der Waals surface area contributed by atoms with Crippen molar-refractivity contribution in [3.05, 3.63) is 45.1 Å². The zero-order chi connectivity index (χ0) is 13.0. The molecule has 0 aliphatic carbocycles. The molecule has 0 saturated heterocycles. The predicted molar refractivity (Wildman–Crippen MR) is 84.2 cm³/mol. The summed E-state index contributed by atoms with van der Waals surface area (Å²) in [5.41, 5.74) is 3.98. The van der Waals surface area contributed by atoms with Gasteiger partial charge in [0.1, 0.15) is 0 Å². The number of hydrogen-bond acceptors (Lipinski definition) is 2. The Morgan fingerprint density at radius 3 is 2.67 bits per heavy atom. The summed E-state index contributed by atoms with van der Waals surface area (Å²) in [5.74, 6) is 0. The highest BCUT2D eigenvalue weighted by atomic mass is 79.9. The fourth-order valence-electron chi connectivity index (χ4n) is 2.06. The van der Waals surface area contributed by atoms with Gasteiger partial charge in [0.2, 0.25) is 0 Å². The molecule has 1 nitrogen and oxygen atoms in total. The Balaban J connectivity index is 2.34. The smallest absolute Gasteiger partial charge is 0.0360 e. The molecule has 1 aromatic carbocycles. The third kappa shape index (κ3) is 3.02. The maximum absolute atomic E-state index is 3.63. The molecule has 18 heavy (non-hydrogen) atoms. The molecular weight excluding hydrogens is 306 g/mol. The van der Waals surface area contributed by atoms with Gasteiger partial charge in [-0.25, -0.2) is 0 Å². The molecule has 2 rings (SSSR count). The quantitative estimate of drug-likeness (QED) is 0.793. The van der Waals surface area contributed by atoms with E-state index in [0.29, 0.717) is 6.04 Å². The second-order valence-corrected chi connectivity index (χ2v) is 5.99. The summed E-state index contributed by atoms with van der Waals surface area (Å²) >= 11 is 5.36. The number of thiophene rings is 1. The van der Waals surface area contributed by atoms with Crippen LogP contribution in [0.2, 0.25) is 0 Å². The Kier molecular flexibility index (Phi) is 4.98. The molecule has 2 aromatic rings. The van der Waals surface area contributed by atoms with Gasteiger partial charge in [-0.05, 0) is 52.3 Å². The van der Waals surface area contributed by atoms with Gasteiger partial charge in [0.25, 0.3) is 0 Å². The first-order valence-corrected chi connectivity index (χ1v) is 8.02. The van der Waals surface area contributed by atoms with Gasteiger partial charge in [0.05, 0.1) is 0 Å². The van der Waals surface area contributed by atoms with E-state index < -0.39 is 0 Å². The summed E-state index contributed by atoms with van der Waals surface area (Å²) in [5, 5.41) is 7.90. The average molecular weight is 324 g/mol.